The summed E-state index contributed by atoms with van der Waals surface area (Å²) < 4.78 is 5.62. The van der Waals surface area contributed by atoms with E-state index in [0.717, 1.165) is 12.1 Å². The largest absolute Gasteiger partial charge is 0.472 e. The zero-order chi connectivity index (χ0) is 11.5. The first-order valence-corrected chi connectivity index (χ1v) is 5.23. The van der Waals surface area contributed by atoms with E-state index in [0.29, 0.717) is 19.0 Å². The number of aromatic nitrogens is 1. The molecule has 0 unspecified atom stereocenters. The standard InChI is InChI=1S/C11H14N2O3/c1-8-3-2-4-10(12-8)16-9-5-6-13(7-9)11(14)15/h2-4,9H,5-7H2,1H3,(H,14,15)/t9-/m0/s1. The van der Waals surface area contributed by atoms with Crippen molar-refractivity contribution in [3.8, 4) is 5.88 Å². The third-order valence-corrected chi connectivity index (χ3v) is 2.57. The Morgan fingerprint density at radius 2 is 2.44 bits per heavy atom. The molecule has 2 heterocycles. The van der Waals surface area contributed by atoms with Gasteiger partial charge in [-0.2, -0.15) is 0 Å². The summed E-state index contributed by atoms with van der Waals surface area (Å²) in [7, 11) is 0. The van der Waals surface area contributed by atoms with Crippen LogP contribution in [0.3, 0.4) is 0 Å². The third-order valence-electron chi connectivity index (χ3n) is 2.57. The maximum atomic E-state index is 10.7. The van der Waals surface area contributed by atoms with Gasteiger partial charge in [0.15, 0.2) is 0 Å². The van der Waals surface area contributed by atoms with Crippen LogP contribution in [0.25, 0.3) is 0 Å². The molecule has 1 aliphatic rings. The van der Waals surface area contributed by atoms with E-state index in [4.69, 9.17) is 9.84 Å². The van der Waals surface area contributed by atoms with Crippen molar-refractivity contribution in [1.29, 1.82) is 0 Å². The molecule has 0 radical (unpaired) electrons. The van der Waals surface area contributed by atoms with Crippen molar-refractivity contribution in [3.05, 3.63) is 23.9 Å². The number of hydrogen-bond donors (Lipinski definition) is 1. The zero-order valence-corrected chi connectivity index (χ0v) is 9.09. The van der Waals surface area contributed by atoms with Crippen molar-refractivity contribution in [2.75, 3.05) is 13.1 Å². The Bertz CT molecular complexity index is 395. The highest BCUT2D eigenvalue weighted by Gasteiger charge is 2.27. The molecule has 1 aliphatic heterocycles. The van der Waals surface area contributed by atoms with Gasteiger partial charge in [0.25, 0.3) is 0 Å². The van der Waals surface area contributed by atoms with Crippen LogP contribution in [0, 0.1) is 6.92 Å². The number of ether oxygens (including phenoxy) is 1. The minimum absolute atomic E-state index is 0.0783. The monoisotopic (exact) mass is 222 g/mol. The Hall–Kier alpha value is -1.78. The van der Waals surface area contributed by atoms with Crippen LogP contribution < -0.4 is 4.74 Å². The van der Waals surface area contributed by atoms with Crippen LogP contribution in [-0.2, 0) is 0 Å². The van der Waals surface area contributed by atoms with E-state index in [2.05, 4.69) is 4.98 Å². The average molecular weight is 222 g/mol. The lowest BCUT2D eigenvalue weighted by Gasteiger charge is -2.13. The van der Waals surface area contributed by atoms with Gasteiger partial charge in [-0.25, -0.2) is 9.78 Å². The van der Waals surface area contributed by atoms with E-state index in [9.17, 15) is 4.79 Å². The van der Waals surface area contributed by atoms with Crippen LogP contribution in [0.1, 0.15) is 12.1 Å². The van der Waals surface area contributed by atoms with Crippen molar-refractivity contribution < 1.29 is 14.6 Å². The molecule has 0 bridgehead atoms. The maximum absolute atomic E-state index is 10.7. The smallest absolute Gasteiger partial charge is 0.407 e. The molecular formula is C11H14N2O3. The van der Waals surface area contributed by atoms with E-state index in [1.54, 1.807) is 6.07 Å². The van der Waals surface area contributed by atoms with Crippen LogP contribution in [0.15, 0.2) is 18.2 Å². The zero-order valence-electron chi connectivity index (χ0n) is 9.09. The molecule has 1 amide bonds. The third kappa shape index (κ3) is 2.42. The second-order valence-corrected chi connectivity index (χ2v) is 3.87. The highest BCUT2D eigenvalue weighted by Crippen LogP contribution is 2.16. The van der Waals surface area contributed by atoms with Gasteiger partial charge in [0.05, 0.1) is 6.54 Å². The summed E-state index contributed by atoms with van der Waals surface area (Å²) in [5.74, 6) is 0.567. The van der Waals surface area contributed by atoms with Crippen LogP contribution in [0.4, 0.5) is 4.79 Å². The molecule has 1 saturated heterocycles. The molecule has 5 heteroatoms. The molecule has 86 valence electrons. The van der Waals surface area contributed by atoms with Gasteiger partial charge in [-0.15, -0.1) is 0 Å². The molecule has 1 atom stereocenters. The van der Waals surface area contributed by atoms with Gasteiger partial charge >= 0.3 is 6.09 Å². The fraction of sp³-hybridized carbons (Fsp3) is 0.455. The lowest BCUT2D eigenvalue weighted by molar-refractivity contribution is 0.144. The number of carboxylic acid groups (broad SMARTS) is 1. The predicted molar refractivity (Wildman–Crippen MR) is 57.6 cm³/mol. The Labute approximate surface area is 93.7 Å². The molecule has 0 aliphatic carbocycles. The number of hydrogen-bond acceptors (Lipinski definition) is 3. The molecule has 2 rings (SSSR count). The first kappa shape index (κ1) is 10.7. The first-order chi connectivity index (χ1) is 7.65. The van der Waals surface area contributed by atoms with Gasteiger partial charge in [0, 0.05) is 24.7 Å². The second kappa shape index (κ2) is 4.38. The summed E-state index contributed by atoms with van der Waals surface area (Å²) in [4.78, 5) is 16.3. The molecule has 0 spiro atoms. The van der Waals surface area contributed by atoms with Gasteiger partial charge in [-0.05, 0) is 13.0 Å². The number of pyridine rings is 1. The van der Waals surface area contributed by atoms with Gasteiger partial charge in [0.2, 0.25) is 5.88 Å². The fourth-order valence-electron chi connectivity index (χ4n) is 1.75. The Morgan fingerprint density at radius 1 is 1.62 bits per heavy atom. The normalized spacial score (nSPS) is 19.8. The van der Waals surface area contributed by atoms with Gasteiger partial charge in [0.1, 0.15) is 6.10 Å². The number of carbonyl (C=O) groups is 1. The van der Waals surface area contributed by atoms with Crippen LogP contribution in [-0.4, -0.2) is 40.3 Å². The highest BCUT2D eigenvalue weighted by molar-refractivity contribution is 5.65. The minimum Gasteiger partial charge on any atom is -0.472 e. The van der Waals surface area contributed by atoms with E-state index < -0.39 is 6.09 Å². The summed E-state index contributed by atoms with van der Waals surface area (Å²) in [6.07, 6.45) is -0.240. The number of rotatable bonds is 2. The lowest BCUT2D eigenvalue weighted by atomic mass is 10.3. The van der Waals surface area contributed by atoms with Crippen molar-refractivity contribution in [3.63, 3.8) is 0 Å². The van der Waals surface area contributed by atoms with Gasteiger partial charge in [-0.1, -0.05) is 6.07 Å². The molecule has 0 aromatic carbocycles. The highest BCUT2D eigenvalue weighted by atomic mass is 16.5. The topological polar surface area (TPSA) is 62.7 Å². The second-order valence-electron chi connectivity index (χ2n) is 3.87. The van der Waals surface area contributed by atoms with E-state index >= 15 is 0 Å². The first-order valence-electron chi connectivity index (χ1n) is 5.23. The predicted octanol–water partition coefficient (Wildman–Crippen LogP) is 1.52. The number of nitrogens with zero attached hydrogens (tertiary/aromatic N) is 2. The quantitative estimate of drug-likeness (QED) is 0.824. The van der Waals surface area contributed by atoms with Crippen molar-refractivity contribution in [1.82, 2.24) is 9.88 Å². The molecule has 1 fully saturated rings. The van der Waals surface area contributed by atoms with Crippen molar-refractivity contribution in [2.24, 2.45) is 0 Å². The van der Waals surface area contributed by atoms with Gasteiger partial charge < -0.3 is 14.7 Å². The Balaban J connectivity index is 1.94. The molecule has 1 aromatic rings. The summed E-state index contributed by atoms with van der Waals surface area (Å²) >= 11 is 0. The maximum Gasteiger partial charge on any atom is 0.407 e. The molecular weight excluding hydrogens is 208 g/mol. The van der Waals surface area contributed by atoms with Crippen molar-refractivity contribution in [2.45, 2.75) is 19.4 Å². The number of amides is 1. The Kier molecular flexibility index (Phi) is 2.94. The average Bonchev–Trinajstić information content (AvgIpc) is 2.66. The summed E-state index contributed by atoms with van der Waals surface area (Å²) in [5, 5.41) is 8.80. The van der Waals surface area contributed by atoms with Gasteiger partial charge in [-0.3, -0.25) is 0 Å². The fourth-order valence-corrected chi connectivity index (χ4v) is 1.75. The summed E-state index contributed by atoms with van der Waals surface area (Å²) in [6.45, 7) is 2.85. The molecule has 0 saturated carbocycles. The summed E-state index contributed by atoms with van der Waals surface area (Å²) in [6, 6.07) is 5.56. The minimum atomic E-state index is -0.886. The number of likely N-dealkylation sites (tertiary alicyclic amines) is 1. The molecule has 16 heavy (non-hydrogen) atoms. The van der Waals surface area contributed by atoms with Crippen LogP contribution >= 0.6 is 0 Å². The Morgan fingerprint density at radius 3 is 3.06 bits per heavy atom. The molecule has 1 N–H and O–H groups in total. The van der Waals surface area contributed by atoms with E-state index in [-0.39, 0.29) is 6.10 Å². The SMILES string of the molecule is Cc1cccc(O[C@H]2CCN(C(=O)O)C2)n1. The number of aryl methyl sites for hydroxylation is 1. The van der Waals surface area contributed by atoms with Crippen molar-refractivity contribution >= 4 is 6.09 Å². The summed E-state index contributed by atoms with van der Waals surface area (Å²) in [5.41, 5.74) is 0.894. The lowest BCUT2D eigenvalue weighted by Crippen LogP contribution is -2.29. The van der Waals surface area contributed by atoms with E-state index in [1.165, 1.54) is 4.90 Å². The molecule has 5 nitrogen and oxygen atoms in total. The van der Waals surface area contributed by atoms with Crippen LogP contribution in [0.2, 0.25) is 0 Å². The van der Waals surface area contributed by atoms with Crippen LogP contribution in [0.5, 0.6) is 5.88 Å². The molecule has 1 aromatic heterocycles. The van der Waals surface area contributed by atoms with E-state index in [1.807, 2.05) is 19.1 Å².